The van der Waals surface area contributed by atoms with Crippen LogP contribution in [0.4, 0.5) is 4.79 Å². The van der Waals surface area contributed by atoms with Gasteiger partial charge in [-0.15, -0.1) is 0 Å². The van der Waals surface area contributed by atoms with E-state index in [-0.39, 0.29) is 19.2 Å². The summed E-state index contributed by atoms with van der Waals surface area (Å²) in [6.45, 7) is 2.98. The molecule has 7 nitrogen and oxygen atoms in total. The van der Waals surface area contributed by atoms with Crippen LogP contribution in [0.5, 0.6) is 0 Å². The predicted octanol–water partition coefficient (Wildman–Crippen LogP) is 0.727. The summed E-state index contributed by atoms with van der Waals surface area (Å²) in [7, 11) is 1.68. The van der Waals surface area contributed by atoms with Gasteiger partial charge in [0.1, 0.15) is 0 Å². The average Bonchev–Trinajstić information content (AvgIpc) is 2.46. The van der Waals surface area contributed by atoms with E-state index in [0.717, 1.165) is 11.4 Å². The number of hydrogen-bond donors (Lipinski definition) is 1. The number of ether oxygens (including phenoxy) is 1. The maximum absolute atomic E-state index is 12.3. The Bertz CT molecular complexity index is 535. The predicted molar refractivity (Wildman–Crippen MR) is 74.8 cm³/mol. The number of amides is 2. The van der Waals surface area contributed by atoms with Crippen molar-refractivity contribution in [3.63, 3.8) is 0 Å². The Balaban J connectivity index is 1.97. The van der Waals surface area contributed by atoms with Gasteiger partial charge in [-0.2, -0.15) is 0 Å². The minimum atomic E-state index is -1.05. The summed E-state index contributed by atoms with van der Waals surface area (Å²) in [6, 6.07) is 5.43. The lowest BCUT2D eigenvalue weighted by atomic mass is 10.2. The van der Waals surface area contributed by atoms with E-state index in [2.05, 4.69) is 4.98 Å². The molecule has 1 aliphatic rings. The smallest absolute Gasteiger partial charge is 0.334 e. The van der Waals surface area contributed by atoms with Gasteiger partial charge in [-0.05, 0) is 19.1 Å². The molecule has 1 aromatic heterocycles. The first-order chi connectivity index (χ1) is 9.97. The molecular formula is C14H19N3O4. The van der Waals surface area contributed by atoms with Crippen molar-refractivity contribution in [3.8, 4) is 0 Å². The number of carbonyl (C=O) groups excluding carboxylic acids is 1. The van der Waals surface area contributed by atoms with Crippen LogP contribution < -0.4 is 0 Å². The van der Waals surface area contributed by atoms with Crippen LogP contribution in [0.2, 0.25) is 0 Å². The fourth-order valence-electron chi connectivity index (χ4n) is 2.21. The van der Waals surface area contributed by atoms with Crippen LogP contribution in [0, 0.1) is 6.92 Å². The second-order valence-electron chi connectivity index (χ2n) is 5.05. The van der Waals surface area contributed by atoms with Gasteiger partial charge in [0.05, 0.1) is 25.4 Å². The summed E-state index contributed by atoms with van der Waals surface area (Å²) in [5.41, 5.74) is 1.69. The second-order valence-corrected chi connectivity index (χ2v) is 5.05. The Morgan fingerprint density at radius 2 is 2.29 bits per heavy atom. The molecule has 0 aromatic carbocycles. The molecule has 1 unspecified atom stereocenters. The van der Waals surface area contributed by atoms with E-state index in [0.29, 0.717) is 13.1 Å². The lowest BCUT2D eigenvalue weighted by Crippen LogP contribution is -2.52. The molecule has 1 aromatic rings. The fraction of sp³-hybridized carbons (Fsp3) is 0.500. The summed E-state index contributed by atoms with van der Waals surface area (Å²) in [6.07, 6.45) is -0.951. The normalized spacial score (nSPS) is 18.4. The summed E-state index contributed by atoms with van der Waals surface area (Å²) >= 11 is 0. The van der Waals surface area contributed by atoms with Crippen LogP contribution >= 0.6 is 0 Å². The molecule has 0 spiro atoms. The monoisotopic (exact) mass is 293 g/mol. The van der Waals surface area contributed by atoms with Crippen molar-refractivity contribution in [2.24, 2.45) is 0 Å². The number of hydrogen-bond acceptors (Lipinski definition) is 4. The number of nitrogens with zero attached hydrogens (tertiary/aromatic N) is 3. The molecule has 0 saturated carbocycles. The van der Waals surface area contributed by atoms with Crippen LogP contribution in [0.25, 0.3) is 0 Å². The zero-order chi connectivity index (χ0) is 15.4. The van der Waals surface area contributed by atoms with Crippen molar-refractivity contribution in [2.75, 3.05) is 26.7 Å². The fourth-order valence-corrected chi connectivity index (χ4v) is 2.21. The average molecular weight is 293 g/mol. The van der Waals surface area contributed by atoms with Crippen molar-refractivity contribution >= 4 is 12.0 Å². The molecule has 1 aliphatic heterocycles. The van der Waals surface area contributed by atoms with Gasteiger partial charge in [0, 0.05) is 19.3 Å². The largest absolute Gasteiger partial charge is 0.479 e. The quantitative estimate of drug-likeness (QED) is 0.888. The third-order valence-electron chi connectivity index (χ3n) is 3.28. The molecule has 114 valence electrons. The Kier molecular flexibility index (Phi) is 4.74. The molecule has 0 bridgehead atoms. The van der Waals surface area contributed by atoms with Crippen LogP contribution in [-0.2, 0) is 16.1 Å². The molecular weight excluding hydrogens is 274 g/mol. The SMILES string of the molecule is Cc1cccc(CN(C)C(=O)N2CCOC(C(=O)O)C2)n1. The Morgan fingerprint density at radius 3 is 2.95 bits per heavy atom. The Hall–Kier alpha value is -2.15. The first-order valence-corrected chi connectivity index (χ1v) is 6.74. The highest BCUT2D eigenvalue weighted by Gasteiger charge is 2.30. The summed E-state index contributed by atoms with van der Waals surface area (Å²) in [5, 5.41) is 8.96. The lowest BCUT2D eigenvalue weighted by Gasteiger charge is -2.33. The van der Waals surface area contributed by atoms with Gasteiger partial charge in [-0.1, -0.05) is 6.07 Å². The van der Waals surface area contributed by atoms with E-state index in [1.54, 1.807) is 7.05 Å². The molecule has 2 rings (SSSR count). The van der Waals surface area contributed by atoms with Crippen molar-refractivity contribution in [1.29, 1.82) is 0 Å². The van der Waals surface area contributed by atoms with Gasteiger partial charge in [-0.25, -0.2) is 9.59 Å². The number of carboxylic acids is 1. The van der Waals surface area contributed by atoms with Crippen molar-refractivity contribution < 1.29 is 19.4 Å². The molecule has 1 fully saturated rings. The van der Waals surface area contributed by atoms with Crippen LogP contribution in [-0.4, -0.2) is 64.7 Å². The van der Waals surface area contributed by atoms with E-state index in [1.807, 2.05) is 25.1 Å². The standard InChI is InChI=1S/C14H19N3O4/c1-10-4-3-5-11(15-10)8-16(2)14(20)17-6-7-21-12(9-17)13(18)19/h3-5,12H,6-9H2,1-2H3,(H,18,19). The number of rotatable bonds is 3. The molecule has 2 amide bonds. The van der Waals surface area contributed by atoms with Gasteiger partial charge < -0.3 is 19.6 Å². The van der Waals surface area contributed by atoms with E-state index >= 15 is 0 Å². The van der Waals surface area contributed by atoms with E-state index in [9.17, 15) is 9.59 Å². The second kappa shape index (κ2) is 6.53. The first kappa shape index (κ1) is 15.2. The highest BCUT2D eigenvalue weighted by molar-refractivity contribution is 5.77. The number of morpholine rings is 1. The first-order valence-electron chi connectivity index (χ1n) is 6.74. The van der Waals surface area contributed by atoms with Crippen LogP contribution in [0.3, 0.4) is 0 Å². The summed E-state index contributed by atoms with van der Waals surface area (Å²) in [4.78, 5) is 30.6. The third kappa shape index (κ3) is 3.91. The van der Waals surface area contributed by atoms with Gasteiger partial charge in [0.15, 0.2) is 6.10 Å². The molecule has 1 atom stereocenters. The molecule has 1 saturated heterocycles. The lowest BCUT2D eigenvalue weighted by molar-refractivity contribution is -0.154. The molecule has 2 heterocycles. The highest BCUT2D eigenvalue weighted by atomic mass is 16.5. The summed E-state index contributed by atoms with van der Waals surface area (Å²) < 4.78 is 5.11. The maximum Gasteiger partial charge on any atom is 0.334 e. The van der Waals surface area contributed by atoms with Crippen molar-refractivity contribution in [1.82, 2.24) is 14.8 Å². The third-order valence-corrected chi connectivity index (χ3v) is 3.28. The molecule has 0 aliphatic carbocycles. The van der Waals surface area contributed by atoms with Crippen molar-refractivity contribution in [2.45, 2.75) is 19.6 Å². The zero-order valence-electron chi connectivity index (χ0n) is 12.2. The van der Waals surface area contributed by atoms with Gasteiger partial charge >= 0.3 is 12.0 Å². The number of pyridine rings is 1. The minimum absolute atomic E-state index is 0.0692. The molecule has 21 heavy (non-hydrogen) atoms. The van der Waals surface area contributed by atoms with Gasteiger partial charge in [0.2, 0.25) is 0 Å². The van der Waals surface area contributed by atoms with E-state index in [4.69, 9.17) is 9.84 Å². The molecule has 7 heteroatoms. The molecule has 0 radical (unpaired) electrons. The number of carboxylic acid groups (broad SMARTS) is 1. The highest BCUT2D eigenvalue weighted by Crippen LogP contribution is 2.10. The number of urea groups is 1. The van der Waals surface area contributed by atoms with Crippen LogP contribution in [0.1, 0.15) is 11.4 Å². The number of aromatic nitrogens is 1. The van der Waals surface area contributed by atoms with Crippen molar-refractivity contribution in [3.05, 3.63) is 29.6 Å². The van der Waals surface area contributed by atoms with E-state index in [1.165, 1.54) is 9.80 Å². The Labute approximate surface area is 123 Å². The number of aryl methyl sites for hydroxylation is 1. The van der Waals surface area contributed by atoms with Gasteiger partial charge in [0.25, 0.3) is 0 Å². The summed E-state index contributed by atoms with van der Waals surface area (Å²) in [5.74, 6) is -1.05. The zero-order valence-corrected chi connectivity index (χ0v) is 12.2. The maximum atomic E-state index is 12.3. The van der Waals surface area contributed by atoms with Crippen LogP contribution in [0.15, 0.2) is 18.2 Å². The topological polar surface area (TPSA) is 83.0 Å². The number of aliphatic carboxylic acids is 1. The number of carbonyl (C=O) groups is 2. The minimum Gasteiger partial charge on any atom is -0.479 e. The van der Waals surface area contributed by atoms with E-state index < -0.39 is 12.1 Å². The van der Waals surface area contributed by atoms with Gasteiger partial charge in [-0.3, -0.25) is 4.98 Å². The Morgan fingerprint density at radius 1 is 1.52 bits per heavy atom. The molecule has 1 N–H and O–H groups in total.